The Kier molecular flexibility index (Phi) is 3.12. The predicted octanol–water partition coefficient (Wildman–Crippen LogP) is 1.68. The molecule has 2 saturated carbocycles. The van der Waals surface area contributed by atoms with Crippen molar-refractivity contribution in [1.82, 2.24) is 10.6 Å². The van der Waals surface area contributed by atoms with E-state index in [1.165, 1.54) is 25.7 Å². The molecule has 3 heteroatoms. The summed E-state index contributed by atoms with van der Waals surface area (Å²) in [6, 6.07) is 0.455. The minimum absolute atomic E-state index is 0.0797. The highest BCUT2D eigenvalue weighted by molar-refractivity contribution is 5.82. The fraction of sp³-hybridized carbons (Fsp3) is 0.929. The van der Waals surface area contributed by atoms with Gasteiger partial charge < -0.3 is 10.6 Å². The van der Waals surface area contributed by atoms with E-state index in [-0.39, 0.29) is 11.9 Å². The van der Waals surface area contributed by atoms with Gasteiger partial charge in [-0.2, -0.15) is 0 Å². The first-order valence-corrected chi connectivity index (χ1v) is 7.28. The Morgan fingerprint density at radius 1 is 1.29 bits per heavy atom. The molecule has 96 valence electrons. The number of carbonyl (C=O) groups excluding carboxylic acids is 1. The Morgan fingerprint density at radius 2 is 2.18 bits per heavy atom. The van der Waals surface area contributed by atoms with E-state index >= 15 is 0 Å². The summed E-state index contributed by atoms with van der Waals surface area (Å²) in [5, 5.41) is 6.52. The third kappa shape index (κ3) is 2.22. The van der Waals surface area contributed by atoms with Crippen LogP contribution in [0.2, 0.25) is 0 Å². The minimum Gasteiger partial charge on any atom is -0.352 e. The van der Waals surface area contributed by atoms with Crippen LogP contribution in [0.4, 0.5) is 0 Å². The van der Waals surface area contributed by atoms with E-state index < -0.39 is 0 Å². The summed E-state index contributed by atoms with van der Waals surface area (Å²) in [5.41, 5.74) is 0. The average Bonchev–Trinajstić information content (AvgIpc) is 3.05. The molecular formula is C14H24N2O. The Bertz CT molecular complexity index is 299. The SMILES string of the molecule is CC(NC(=O)[C@@H]1CCCN1)C1CC2CCC1C2. The molecule has 0 aromatic carbocycles. The van der Waals surface area contributed by atoms with E-state index in [1.54, 1.807) is 0 Å². The lowest BCUT2D eigenvalue weighted by Crippen LogP contribution is -2.47. The van der Waals surface area contributed by atoms with Gasteiger partial charge in [0.25, 0.3) is 0 Å². The summed E-state index contributed by atoms with van der Waals surface area (Å²) in [7, 11) is 0. The van der Waals surface area contributed by atoms with Crippen molar-refractivity contribution in [2.75, 3.05) is 6.54 Å². The molecule has 4 unspecified atom stereocenters. The number of hydrogen-bond acceptors (Lipinski definition) is 2. The molecule has 0 spiro atoms. The van der Waals surface area contributed by atoms with Crippen molar-refractivity contribution >= 4 is 5.91 Å². The highest BCUT2D eigenvalue weighted by atomic mass is 16.2. The maximum atomic E-state index is 12.0. The number of carbonyl (C=O) groups is 1. The second-order valence-electron chi connectivity index (χ2n) is 6.28. The van der Waals surface area contributed by atoms with Crippen LogP contribution in [0.25, 0.3) is 0 Å². The maximum absolute atomic E-state index is 12.0. The highest BCUT2D eigenvalue weighted by Gasteiger charge is 2.42. The molecule has 3 aliphatic rings. The van der Waals surface area contributed by atoms with Gasteiger partial charge in [-0.25, -0.2) is 0 Å². The van der Waals surface area contributed by atoms with Crippen LogP contribution in [0.5, 0.6) is 0 Å². The lowest BCUT2D eigenvalue weighted by Gasteiger charge is -2.29. The standard InChI is InChI=1S/C14H24N2O/c1-9(12-8-10-4-5-11(12)7-10)16-14(17)13-3-2-6-15-13/h9-13,15H,2-8H2,1H3,(H,16,17)/t9?,10?,11?,12?,13-/m0/s1. The number of nitrogens with one attached hydrogen (secondary N) is 2. The summed E-state index contributed by atoms with van der Waals surface area (Å²) in [6.45, 7) is 3.21. The summed E-state index contributed by atoms with van der Waals surface area (Å²) in [6.07, 6.45) is 7.76. The molecule has 1 heterocycles. The molecule has 2 bridgehead atoms. The second-order valence-corrected chi connectivity index (χ2v) is 6.28. The summed E-state index contributed by atoms with van der Waals surface area (Å²) < 4.78 is 0. The molecule has 5 atom stereocenters. The van der Waals surface area contributed by atoms with Crippen LogP contribution < -0.4 is 10.6 Å². The van der Waals surface area contributed by atoms with Crippen LogP contribution in [0.3, 0.4) is 0 Å². The number of hydrogen-bond donors (Lipinski definition) is 2. The fourth-order valence-electron chi connectivity index (χ4n) is 4.25. The average molecular weight is 236 g/mol. The third-order valence-corrected chi connectivity index (χ3v) is 5.18. The van der Waals surface area contributed by atoms with Crippen LogP contribution >= 0.6 is 0 Å². The number of rotatable bonds is 3. The van der Waals surface area contributed by atoms with E-state index in [0.29, 0.717) is 6.04 Å². The molecule has 2 aliphatic carbocycles. The van der Waals surface area contributed by atoms with Crippen molar-refractivity contribution in [2.45, 2.75) is 57.5 Å². The maximum Gasteiger partial charge on any atom is 0.237 e. The normalized spacial score (nSPS) is 41.7. The Labute approximate surface area is 104 Å². The van der Waals surface area contributed by atoms with Crippen LogP contribution in [-0.2, 0) is 4.79 Å². The first kappa shape index (κ1) is 11.5. The molecule has 3 rings (SSSR count). The molecule has 1 amide bonds. The highest BCUT2D eigenvalue weighted by Crippen LogP contribution is 2.49. The van der Waals surface area contributed by atoms with Gasteiger partial charge in [-0.05, 0) is 63.3 Å². The molecule has 3 nitrogen and oxygen atoms in total. The van der Waals surface area contributed by atoms with E-state index in [4.69, 9.17) is 0 Å². The van der Waals surface area contributed by atoms with E-state index in [2.05, 4.69) is 17.6 Å². The fourth-order valence-corrected chi connectivity index (χ4v) is 4.25. The van der Waals surface area contributed by atoms with Gasteiger partial charge in [0.05, 0.1) is 6.04 Å². The zero-order chi connectivity index (χ0) is 11.8. The predicted molar refractivity (Wildman–Crippen MR) is 67.6 cm³/mol. The summed E-state index contributed by atoms with van der Waals surface area (Å²) >= 11 is 0. The van der Waals surface area contributed by atoms with E-state index in [0.717, 1.165) is 37.1 Å². The zero-order valence-corrected chi connectivity index (χ0v) is 10.7. The van der Waals surface area contributed by atoms with Crippen molar-refractivity contribution in [3.05, 3.63) is 0 Å². The van der Waals surface area contributed by atoms with Gasteiger partial charge in [0.2, 0.25) is 5.91 Å². The van der Waals surface area contributed by atoms with Crippen molar-refractivity contribution in [3.63, 3.8) is 0 Å². The van der Waals surface area contributed by atoms with Crippen molar-refractivity contribution in [2.24, 2.45) is 17.8 Å². The van der Waals surface area contributed by atoms with Gasteiger partial charge in [-0.1, -0.05) is 6.42 Å². The molecule has 1 saturated heterocycles. The van der Waals surface area contributed by atoms with Gasteiger partial charge in [-0.3, -0.25) is 4.79 Å². The monoisotopic (exact) mass is 236 g/mol. The molecular weight excluding hydrogens is 212 g/mol. The van der Waals surface area contributed by atoms with Gasteiger partial charge >= 0.3 is 0 Å². The number of fused-ring (bicyclic) bond motifs is 2. The van der Waals surface area contributed by atoms with Gasteiger partial charge in [0.1, 0.15) is 0 Å². The Morgan fingerprint density at radius 3 is 2.76 bits per heavy atom. The topological polar surface area (TPSA) is 41.1 Å². The van der Waals surface area contributed by atoms with Crippen LogP contribution in [0.15, 0.2) is 0 Å². The molecule has 0 radical (unpaired) electrons. The van der Waals surface area contributed by atoms with E-state index in [9.17, 15) is 4.79 Å². The second kappa shape index (κ2) is 4.60. The first-order chi connectivity index (χ1) is 8.24. The van der Waals surface area contributed by atoms with Crippen molar-refractivity contribution < 1.29 is 4.79 Å². The third-order valence-electron chi connectivity index (χ3n) is 5.18. The van der Waals surface area contributed by atoms with Crippen LogP contribution in [0, 0.1) is 17.8 Å². The molecule has 1 aliphatic heterocycles. The molecule has 17 heavy (non-hydrogen) atoms. The smallest absolute Gasteiger partial charge is 0.237 e. The largest absolute Gasteiger partial charge is 0.352 e. The Hall–Kier alpha value is -0.570. The lowest BCUT2D eigenvalue weighted by atomic mass is 9.84. The molecule has 0 aromatic heterocycles. The zero-order valence-electron chi connectivity index (χ0n) is 10.7. The summed E-state index contributed by atoms with van der Waals surface area (Å²) in [5.74, 6) is 2.85. The molecule has 3 fully saturated rings. The summed E-state index contributed by atoms with van der Waals surface area (Å²) in [4.78, 5) is 12.0. The Balaban J connectivity index is 1.52. The van der Waals surface area contributed by atoms with Crippen LogP contribution in [-0.4, -0.2) is 24.5 Å². The number of amides is 1. The first-order valence-electron chi connectivity index (χ1n) is 7.28. The quantitative estimate of drug-likeness (QED) is 0.783. The van der Waals surface area contributed by atoms with Gasteiger partial charge in [0, 0.05) is 6.04 Å². The van der Waals surface area contributed by atoms with Gasteiger partial charge in [0.15, 0.2) is 0 Å². The van der Waals surface area contributed by atoms with Crippen LogP contribution in [0.1, 0.15) is 45.4 Å². The molecule has 0 aromatic rings. The molecule has 2 N–H and O–H groups in total. The van der Waals surface area contributed by atoms with E-state index in [1.807, 2.05) is 0 Å². The van der Waals surface area contributed by atoms with Gasteiger partial charge in [-0.15, -0.1) is 0 Å². The van der Waals surface area contributed by atoms with Crippen molar-refractivity contribution in [1.29, 1.82) is 0 Å². The minimum atomic E-state index is 0.0797. The van der Waals surface area contributed by atoms with Crippen molar-refractivity contribution in [3.8, 4) is 0 Å². The lowest BCUT2D eigenvalue weighted by molar-refractivity contribution is -0.123.